The van der Waals surface area contributed by atoms with Gasteiger partial charge in [0, 0.05) is 12.3 Å². The monoisotopic (exact) mass is 288 g/mol. The molecule has 0 amide bonds. The van der Waals surface area contributed by atoms with Crippen molar-refractivity contribution in [1.82, 2.24) is 19.6 Å². The fraction of sp³-hybridized carbons (Fsp3) is 0.500. The van der Waals surface area contributed by atoms with Crippen LogP contribution >= 0.6 is 11.6 Å². The molecular formula is C10H13ClN4O2S. The second-order valence-corrected chi connectivity index (χ2v) is 7.58. The number of rotatable bonds is 2. The Balaban J connectivity index is 2.83. The van der Waals surface area contributed by atoms with E-state index in [0.717, 1.165) is 0 Å². The highest BCUT2D eigenvalue weighted by molar-refractivity contribution is 7.91. The van der Waals surface area contributed by atoms with E-state index in [0.29, 0.717) is 22.4 Å². The van der Waals surface area contributed by atoms with Gasteiger partial charge in [0.25, 0.3) is 0 Å². The fourth-order valence-corrected chi connectivity index (χ4v) is 2.29. The smallest absolute Gasteiger partial charge is 0.165 e. The Bertz CT molecular complexity index is 721. The minimum absolute atomic E-state index is 0.302. The summed E-state index contributed by atoms with van der Waals surface area (Å²) in [5.41, 5.74) is 0.485. The summed E-state index contributed by atoms with van der Waals surface area (Å²) in [5.74, 6) is 0.885. The molecule has 0 unspecified atom stereocenters. The van der Waals surface area contributed by atoms with Crippen LogP contribution in [0, 0.1) is 6.92 Å². The van der Waals surface area contributed by atoms with Gasteiger partial charge in [-0.15, -0.1) is 10.2 Å². The Kier molecular flexibility index (Phi) is 2.86. The van der Waals surface area contributed by atoms with Crippen LogP contribution in [0.5, 0.6) is 0 Å². The van der Waals surface area contributed by atoms with Crippen molar-refractivity contribution in [2.45, 2.75) is 25.5 Å². The van der Waals surface area contributed by atoms with Gasteiger partial charge in [0.05, 0.1) is 0 Å². The lowest BCUT2D eigenvalue weighted by Crippen LogP contribution is -2.31. The molecule has 0 N–H and O–H groups in total. The molecule has 0 saturated heterocycles. The van der Waals surface area contributed by atoms with Crippen molar-refractivity contribution in [1.29, 1.82) is 0 Å². The standard InChI is InChI=1S/C10H13ClN4O2S/c1-6-12-7(11)5-8-13-14-9(15(6)8)10(2,3)18(4,16)17/h5H,1-4H3. The number of hydrogen-bond acceptors (Lipinski definition) is 5. The lowest BCUT2D eigenvalue weighted by molar-refractivity contribution is 0.546. The molecule has 0 aliphatic rings. The second-order valence-electron chi connectivity index (χ2n) is 4.63. The van der Waals surface area contributed by atoms with Gasteiger partial charge < -0.3 is 0 Å². The third-order valence-corrected chi connectivity index (χ3v) is 5.22. The normalized spacial score (nSPS) is 13.2. The zero-order valence-electron chi connectivity index (χ0n) is 10.5. The number of halogens is 1. The molecule has 18 heavy (non-hydrogen) atoms. The van der Waals surface area contributed by atoms with Crippen molar-refractivity contribution >= 4 is 27.1 Å². The van der Waals surface area contributed by atoms with Gasteiger partial charge in [-0.1, -0.05) is 11.6 Å². The molecule has 0 radical (unpaired) electrons. The van der Waals surface area contributed by atoms with Crippen molar-refractivity contribution < 1.29 is 8.42 Å². The van der Waals surface area contributed by atoms with E-state index in [1.165, 1.54) is 6.26 Å². The molecule has 0 aliphatic carbocycles. The maximum absolute atomic E-state index is 11.8. The topological polar surface area (TPSA) is 77.2 Å². The van der Waals surface area contributed by atoms with E-state index in [4.69, 9.17) is 11.6 Å². The van der Waals surface area contributed by atoms with E-state index in [2.05, 4.69) is 15.2 Å². The summed E-state index contributed by atoms with van der Waals surface area (Å²) in [6.07, 6.45) is 1.17. The minimum atomic E-state index is -3.33. The minimum Gasteiger partial charge on any atom is -0.265 e. The van der Waals surface area contributed by atoms with Crippen LogP contribution in [0.4, 0.5) is 0 Å². The molecule has 2 heterocycles. The van der Waals surface area contributed by atoms with Gasteiger partial charge in [0.15, 0.2) is 21.3 Å². The quantitative estimate of drug-likeness (QED) is 0.780. The van der Waals surface area contributed by atoms with Crippen LogP contribution < -0.4 is 0 Å². The van der Waals surface area contributed by atoms with Crippen LogP contribution in [-0.2, 0) is 14.6 Å². The van der Waals surface area contributed by atoms with E-state index < -0.39 is 14.6 Å². The summed E-state index contributed by atoms with van der Waals surface area (Å²) >= 11 is 5.83. The van der Waals surface area contributed by atoms with E-state index in [1.807, 2.05) is 0 Å². The molecule has 6 nitrogen and oxygen atoms in total. The molecule has 0 saturated carbocycles. The van der Waals surface area contributed by atoms with Gasteiger partial charge in [-0.05, 0) is 20.8 Å². The Morgan fingerprint density at radius 3 is 2.50 bits per heavy atom. The van der Waals surface area contributed by atoms with Gasteiger partial charge in [-0.25, -0.2) is 13.4 Å². The predicted molar refractivity (Wildman–Crippen MR) is 68.4 cm³/mol. The van der Waals surface area contributed by atoms with E-state index in [1.54, 1.807) is 31.2 Å². The number of aryl methyl sites for hydroxylation is 1. The Morgan fingerprint density at radius 2 is 1.94 bits per heavy atom. The second kappa shape index (κ2) is 3.89. The first-order valence-corrected chi connectivity index (χ1v) is 7.50. The molecule has 2 aromatic rings. The summed E-state index contributed by atoms with van der Waals surface area (Å²) in [4.78, 5) is 4.08. The zero-order chi connectivity index (χ0) is 13.7. The first-order valence-electron chi connectivity index (χ1n) is 5.23. The van der Waals surface area contributed by atoms with Crippen LogP contribution in [0.1, 0.15) is 25.5 Å². The molecular weight excluding hydrogens is 276 g/mol. The Morgan fingerprint density at radius 1 is 1.33 bits per heavy atom. The SMILES string of the molecule is Cc1nc(Cl)cc2nnc(C(C)(C)S(C)(=O)=O)n12. The summed E-state index contributed by atoms with van der Waals surface area (Å²) < 4.78 is 24.1. The van der Waals surface area contributed by atoms with Crippen molar-refractivity contribution in [2.75, 3.05) is 6.26 Å². The number of fused-ring (bicyclic) bond motifs is 1. The van der Waals surface area contributed by atoms with Crippen molar-refractivity contribution in [2.24, 2.45) is 0 Å². The molecule has 8 heteroatoms. The highest BCUT2D eigenvalue weighted by Gasteiger charge is 2.37. The Labute approximate surface area is 110 Å². The molecule has 0 bridgehead atoms. The molecule has 2 rings (SSSR count). The van der Waals surface area contributed by atoms with E-state index >= 15 is 0 Å². The maximum atomic E-state index is 11.8. The fourth-order valence-electron chi connectivity index (χ4n) is 1.61. The maximum Gasteiger partial charge on any atom is 0.165 e. The van der Waals surface area contributed by atoms with Gasteiger partial charge >= 0.3 is 0 Å². The molecule has 0 aromatic carbocycles. The highest BCUT2D eigenvalue weighted by atomic mass is 35.5. The number of aromatic nitrogens is 4. The van der Waals surface area contributed by atoms with Gasteiger partial charge in [0.1, 0.15) is 15.7 Å². The summed E-state index contributed by atoms with van der Waals surface area (Å²) in [6.45, 7) is 4.91. The van der Waals surface area contributed by atoms with Crippen molar-refractivity contribution in [3.05, 3.63) is 22.9 Å². The van der Waals surface area contributed by atoms with Gasteiger partial charge in [-0.2, -0.15) is 0 Å². The summed E-state index contributed by atoms with van der Waals surface area (Å²) in [6, 6.07) is 1.55. The lowest BCUT2D eigenvalue weighted by atomic mass is 10.2. The predicted octanol–water partition coefficient (Wildman–Crippen LogP) is 1.37. The molecule has 0 spiro atoms. The van der Waals surface area contributed by atoms with E-state index in [9.17, 15) is 8.42 Å². The van der Waals surface area contributed by atoms with Crippen LogP contribution in [-0.4, -0.2) is 34.3 Å². The van der Waals surface area contributed by atoms with Crippen LogP contribution in [0.3, 0.4) is 0 Å². The first-order chi connectivity index (χ1) is 8.14. The van der Waals surface area contributed by atoms with Crippen molar-refractivity contribution in [3.63, 3.8) is 0 Å². The third-order valence-electron chi connectivity index (χ3n) is 2.99. The van der Waals surface area contributed by atoms with E-state index in [-0.39, 0.29) is 0 Å². The zero-order valence-corrected chi connectivity index (χ0v) is 12.0. The molecule has 0 atom stereocenters. The lowest BCUT2D eigenvalue weighted by Gasteiger charge is -2.20. The van der Waals surface area contributed by atoms with Crippen molar-refractivity contribution in [3.8, 4) is 0 Å². The summed E-state index contributed by atoms with van der Waals surface area (Å²) in [7, 11) is -3.33. The number of nitrogens with zero attached hydrogens (tertiary/aromatic N) is 4. The largest absolute Gasteiger partial charge is 0.265 e. The number of sulfone groups is 1. The van der Waals surface area contributed by atoms with Gasteiger partial charge in [-0.3, -0.25) is 4.40 Å². The molecule has 0 aliphatic heterocycles. The molecule has 0 fully saturated rings. The molecule has 2 aromatic heterocycles. The first kappa shape index (κ1) is 13.2. The highest BCUT2D eigenvalue weighted by Crippen LogP contribution is 2.28. The Hall–Kier alpha value is -1.21. The van der Waals surface area contributed by atoms with Gasteiger partial charge in [0.2, 0.25) is 0 Å². The van der Waals surface area contributed by atoms with Crippen LogP contribution in [0.2, 0.25) is 5.15 Å². The summed E-state index contributed by atoms with van der Waals surface area (Å²) in [5, 5.41) is 8.22. The third kappa shape index (κ3) is 1.87. The number of hydrogen-bond donors (Lipinski definition) is 0. The van der Waals surface area contributed by atoms with Crippen LogP contribution in [0.15, 0.2) is 6.07 Å². The van der Waals surface area contributed by atoms with Crippen LogP contribution in [0.25, 0.3) is 5.65 Å². The molecule has 98 valence electrons. The average Bonchev–Trinajstić information content (AvgIpc) is 2.59. The average molecular weight is 289 g/mol.